The lowest BCUT2D eigenvalue weighted by Gasteiger charge is -2.17. The maximum atomic E-state index is 13.3. The lowest BCUT2D eigenvalue weighted by molar-refractivity contribution is 0.538. The first kappa shape index (κ1) is 15.7. The van der Waals surface area contributed by atoms with Crippen molar-refractivity contribution in [1.29, 1.82) is 5.26 Å². The molecule has 0 saturated heterocycles. The van der Waals surface area contributed by atoms with Gasteiger partial charge >= 0.3 is 0 Å². The first-order valence-corrected chi connectivity index (χ1v) is 7.67. The zero-order chi connectivity index (χ0) is 18.6. The molecule has 2 heterocycles. The second-order valence-electron chi connectivity index (χ2n) is 5.90. The van der Waals surface area contributed by atoms with Crippen LogP contribution >= 0.6 is 0 Å². The van der Waals surface area contributed by atoms with Crippen LogP contribution < -0.4 is 22.6 Å². The first-order chi connectivity index (χ1) is 12.5. The highest BCUT2D eigenvalue weighted by Crippen LogP contribution is 2.32. The average molecular weight is 349 g/mol. The monoisotopic (exact) mass is 349 g/mol. The number of aromatic nitrogens is 2. The molecule has 1 aromatic heterocycles. The summed E-state index contributed by atoms with van der Waals surface area (Å²) >= 11 is 0. The summed E-state index contributed by atoms with van der Waals surface area (Å²) in [5.41, 5.74) is 11.4. The number of hydrogen-bond donors (Lipinski definition) is 2. The van der Waals surface area contributed by atoms with Crippen molar-refractivity contribution in [1.82, 2.24) is 9.36 Å². The van der Waals surface area contributed by atoms with Gasteiger partial charge in [0.05, 0.1) is 10.8 Å². The molecule has 3 aromatic rings. The van der Waals surface area contributed by atoms with Gasteiger partial charge in [0.1, 0.15) is 29.3 Å². The fraction of sp³-hybridized carbons (Fsp3) is 0.0556. The van der Waals surface area contributed by atoms with E-state index in [-0.39, 0.29) is 27.9 Å². The Kier molecular flexibility index (Phi) is 3.20. The third-order valence-electron chi connectivity index (χ3n) is 4.49. The molecule has 4 N–H and O–H groups in total. The molecule has 0 amide bonds. The maximum absolute atomic E-state index is 13.3. The average Bonchev–Trinajstić information content (AvgIpc) is 2.93. The lowest BCUT2D eigenvalue weighted by Crippen LogP contribution is -2.38. The molecule has 0 fully saturated rings. The van der Waals surface area contributed by atoms with Crippen molar-refractivity contribution in [2.75, 3.05) is 5.73 Å². The third-order valence-corrected chi connectivity index (χ3v) is 4.49. The Bertz CT molecular complexity index is 1260. The van der Waals surface area contributed by atoms with Gasteiger partial charge in [-0.05, 0) is 29.8 Å². The summed E-state index contributed by atoms with van der Waals surface area (Å²) in [5.74, 6) is -0.604. The topological polar surface area (TPSA) is 120 Å². The Labute approximate surface area is 145 Å². The van der Waals surface area contributed by atoms with Gasteiger partial charge < -0.3 is 11.5 Å². The van der Waals surface area contributed by atoms with Gasteiger partial charge in [-0.2, -0.15) is 9.94 Å². The van der Waals surface area contributed by atoms with Crippen molar-refractivity contribution in [3.8, 4) is 6.07 Å². The van der Waals surface area contributed by atoms with E-state index in [0.717, 1.165) is 9.36 Å². The van der Waals surface area contributed by atoms with Crippen molar-refractivity contribution in [2.45, 2.75) is 6.04 Å². The van der Waals surface area contributed by atoms with Gasteiger partial charge in [-0.25, -0.2) is 9.07 Å². The number of halogens is 1. The van der Waals surface area contributed by atoms with Crippen LogP contribution in [0, 0.1) is 17.1 Å². The van der Waals surface area contributed by atoms with Crippen LogP contribution in [0.4, 0.5) is 10.1 Å². The minimum atomic E-state index is -0.924. The van der Waals surface area contributed by atoms with Crippen molar-refractivity contribution in [3.63, 3.8) is 0 Å². The Morgan fingerprint density at radius 3 is 2.38 bits per heavy atom. The Balaban J connectivity index is 2.17. The minimum Gasteiger partial charge on any atom is -0.398 e. The fourth-order valence-corrected chi connectivity index (χ4v) is 3.31. The molecule has 128 valence electrons. The van der Waals surface area contributed by atoms with Crippen LogP contribution in [0.1, 0.15) is 11.6 Å². The molecular weight excluding hydrogens is 337 g/mol. The van der Waals surface area contributed by atoms with Crippen LogP contribution in [-0.4, -0.2) is 9.36 Å². The molecule has 0 bridgehead atoms. The van der Waals surface area contributed by atoms with E-state index in [2.05, 4.69) is 0 Å². The highest BCUT2D eigenvalue weighted by Gasteiger charge is 2.34. The van der Waals surface area contributed by atoms with Crippen molar-refractivity contribution < 1.29 is 4.39 Å². The molecule has 1 unspecified atom stereocenters. The number of fused-ring (bicyclic) bond motifs is 2. The van der Waals surface area contributed by atoms with Crippen molar-refractivity contribution in [3.05, 3.63) is 80.1 Å². The van der Waals surface area contributed by atoms with Crippen molar-refractivity contribution >= 4 is 22.3 Å². The Hall–Kier alpha value is -3.86. The number of hydrogen-bond acceptors (Lipinski definition) is 5. The van der Waals surface area contributed by atoms with Crippen LogP contribution in [0.2, 0.25) is 0 Å². The van der Waals surface area contributed by atoms with Gasteiger partial charge in [0.25, 0.3) is 11.1 Å². The second-order valence-corrected chi connectivity index (χ2v) is 5.90. The summed E-state index contributed by atoms with van der Waals surface area (Å²) in [6, 6.07) is 10.9. The summed E-state index contributed by atoms with van der Waals surface area (Å²) in [5, 5.41) is 9.73. The van der Waals surface area contributed by atoms with Crippen LogP contribution in [0.5, 0.6) is 0 Å². The molecule has 1 atom stereocenters. The highest BCUT2D eigenvalue weighted by molar-refractivity contribution is 5.92. The van der Waals surface area contributed by atoms with E-state index in [1.54, 1.807) is 6.07 Å². The van der Waals surface area contributed by atoms with Crippen LogP contribution in [0.15, 0.2) is 57.6 Å². The van der Waals surface area contributed by atoms with E-state index >= 15 is 0 Å². The van der Waals surface area contributed by atoms with Crippen LogP contribution in [0.3, 0.4) is 0 Å². The molecule has 8 heteroatoms. The fourth-order valence-electron chi connectivity index (χ4n) is 3.31. The van der Waals surface area contributed by atoms with Gasteiger partial charge in [0, 0.05) is 5.69 Å². The quantitative estimate of drug-likeness (QED) is 0.638. The number of rotatable bonds is 1. The van der Waals surface area contributed by atoms with Gasteiger partial charge in [-0.15, -0.1) is 0 Å². The standard InChI is InChI=1S/C18H12FN5O2/c19-10-6-4-9(5-7-10)15-12(8-20)16(22)24-18(26)14-11(17(25)23(15)24)2-1-3-13(14)21/h1-7,15H,21-22H2. The number of nitrogen functional groups attached to an aromatic ring is 1. The number of benzene rings is 2. The highest BCUT2D eigenvalue weighted by atomic mass is 19.1. The summed E-state index contributed by atoms with van der Waals surface area (Å²) < 4.78 is 15.4. The zero-order valence-corrected chi connectivity index (χ0v) is 13.3. The van der Waals surface area contributed by atoms with Gasteiger partial charge in [-0.1, -0.05) is 18.2 Å². The Morgan fingerprint density at radius 1 is 1.04 bits per heavy atom. The normalized spacial score (nSPS) is 15.9. The van der Waals surface area contributed by atoms with E-state index in [9.17, 15) is 19.2 Å². The second kappa shape index (κ2) is 5.32. The molecule has 1 aliphatic rings. The molecule has 0 radical (unpaired) electrons. The summed E-state index contributed by atoms with van der Waals surface area (Å²) in [7, 11) is 0. The first-order valence-electron chi connectivity index (χ1n) is 7.67. The minimum absolute atomic E-state index is 0.0321. The van der Waals surface area contributed by atoms with E-state index in [1.165, 1.54) is 36.4 Å². The number of anilines is 1. The predicted molar refractivity (Wildman–Crippen MR) is 94.4 cm³/mol. The molecule has 0 spiro atoms. The van der Waals surface area contributed by atoms with Gasteiger partial charge in [0.2, 0.25) is 0 Å². The third kappa shape index (κ3) is 1.91. The molecule has 2 aromatic carbocycles. The summed E-state index contributed by atoms with van der Waals surface area (Å²) in [4.78, 5) is 26.0. The summed E-state index contributed by atoms with van der Waals surface area (Å²) in [6.45, 7) is 0. The number of nitrogens with zero attached hydrogens (tertiary/aromatic N) is 3. The smallest absolute Gasteiger partial charge is 0.281 e. The van der Waals surface area contributed by atoms with Crippen LogP contribution in [-0.2, 0) is 0 Å². The molecule has 0 aliphatic carbocycles. The van der Waals surface area contributed by atoms with Crippen molar-refractivity contribution in [2.24, 2.45) is 5.73 Å². The molecule has 0 saturated carbocycles. The SMILES string of the molecule is N#CC1=C(N)n2c(=O)c3c(N)cccc3c(=O)n2C1c1ccc(F)cc1. The predicted octanol–water partition coefficient (Wildman–Crippen LogP) is 1.14. The van der Waals surface area contributed by atoms with Crippen LogP contribution in [0.25, 0.3) is 16.6 Å². The molecule has 4 rings (SSSR count). The molecule has 1 aliphatic heterocycles. The number of nitrogens with two attached hydrogens (primary N) is 2. The zero-order valence-electron chi connectivity index (χ0n) is 13.3. The van der Waals surface area contributed by atoms with E-state index in [1.807, 2.05) is 6.07 Å². The molecular formula is C18H12FN5O2. The van der Waals surface area contributed by atoms with Gasteiger partial charge in [0.15, 0.2) is 0 Å². The van der Waals surface area contributed by atoms with E-state index < -0.39 is 23.0 Å². The van der Waals surface area contributed by atoms with E-state index in [0.29, 0.717) is 5.56 Å². The van der Waals surface area contributed by atoms with E-state index in [4.69, 9.17) is 11.5 Å². The maximum Gasteiger partial charge on any atom is 0.281 e. The Morgan fingerprint density at radius 2 is 1.73 bits per heavy atom. The number of nitriles is 1. The summed E-state index contributed by atoms with van der Waals surface area (Å²) in [6.07, 6.45) is 0. The molecule has 7 nitrogen and oxygen atoms in total. The molecule has 26 heavy (non-hydrogen) atoms. The number of allylic oxidation sites excluding steroid dienone is 1. The van der Waals surface area contributed by atoms with Gasteiger partial charge in [-0.3, -0.25) is 9.59 Å². The lowest BCUT2D eigenvalue weighted by atomic mass is 10.0. The largest absolute Gasteiger partial charge is 0.398 e.